The van der Waals surface area contributed by atoms with Crippen molar-refractivity contribution in [1.82, 2.24) is 10.2 Å². The first kappa shape index (κ1) is 16.3. The molecule has 3 rings (SSSR count). The molecular formula is C20H28N2O. The number of hydrogen-bond acceptors (Lipinski definition) is 2. The molecule has 23 heavy (non-hydrogen) atoms. The van der Waals surface area contributed by atoms with Gasteiger partial charge in [0.05, 0.1) is 6.04 Å². The van der Waals surface area contributed by atoms with Crippen molar-refractivity contribution in [2.45, 2.75) is 39.2 Å². The van der Waals surface area contributed by atoms with Gasteiger partial charge in [0.25, 0.3) is 0 Å². The summed E-state index contributed by atoms with van der Waals surface area (Å²) in [6, 6.07) is 8.82. The van der Waals surface area contributed by atoms with Gasteiger partial charge in [-0.15, -0.1) is 0 Å². The summed E-state index contributed by atoms with van der Waals surface area (Å²) in [5.41, 5.74) is 2.64. The van der Waals surface area contributed by atoms with Crippen LogP contribution in [0.2, 0.25) is 0 Å². The number of hydrogen-bond donors (Lipinski definition) is 1. The minimum Gasteiger partial charge on any atom is -0.335 e. The average Bonchev–Trinajstić information content (AvgIpc) is 3.13. The lowest BCUT2D eigenvalue weighted by atomic mass is 9.87. The standard InChI is InChI=1S/C20H28N2O/c1-3-4-5-6-11-19(23)22-14-16-12-21-13-18(16)20(22)17-10-8-7-9-15(17)2/h3-4,7-10,16,18,20-21H,5-6,11-14H2,1-2H3/t16-,18-,20-/m0/s1. The molecule has 2 aliphatic heterocycles. The van der Waals surface area contributed by atoms with Gasteiger partial charge in [-0.1, -0.05) is 36.4 Å². The monoisotopic (exact) mass is 312 g/mol. The van der Waals surface area contributed by atoms with Gasteiger partial charge in [-0.25, -0.2) is 0 Å². The number of fused-ring (bicyclic) bond motifs is 1. The Hall–Kier alpha value is -1.61. The fraction of sp³-hybridized carbons (Fsp3) is 0.550. The van der Waals surface area contributed by atoms with Crippen LogP contribution in [0.5, 0.6) is 0 Å². The Morgan fingerprint density at radius 3 is 2.96 bits per heavy atom. The van der Waals surface area contributed by atoms with Crippen molar-refractivity contribution >= 4 is 5.91 Å². The van der Waals surface area contributed by atoms with E-state index in [1.165, 1.54) is 11.1 Å². The predicted molar refractivity (Wildman–Crippen MR) is 94.1 cm³/mol. The summed E-state index contributed by atoms with van der Waals surface area (Å²) in [6.45, 7) is 7.20. The number of allylic oxidation sites excluding steroid dienone is 2. The number of likely N-dealkylation sites (tertiary alicyclic amines) is 1. The highest BCUT2D eigenvalue weighted by molar-refractivity contribution is 5.77. The predicted octanol–water partition coefficient (Wildman–Crippen LogP) is 3.46. The second-order valence-corrected chi connectivity index (χ2v) is 6.89. The van der Waals surface area contributed by atoms with Crippen molar-refractivity contribution in [3.63, 3.8) is 0 Å². The van der Waals surface area contributed by atoms with Crippen LogP contribution in [0.1, 0.15) is 43.4 Å². The molecule has 1 aromatic rings. The number of benzene rings is 1. The Morgan fingerprint density at radius 2 is 2.17 bits per heavy atom. The zero-order chi connectivity index (χ0) is 16.2. The third-order valence-corrected chi connectivity index (χ3v) is 5.39. The molecular weight excluding hydrogens is 284 g/mol. The van der Waals surface area contributed by atoms with Crippen LogP contribution in [-0.4, -0.2) is 30.4 Å². The SMILES string of the molecule is CC=CCCCC(=O)N1C[C@@H]2CNC[C@@H]2[C@@H]1c1ccccc1C. The number of nitrogens with zero attached hydrogens (tertiary/aromatic N) is 1. The lowest BCUT2D eigenvalue weighted by Gasteiger charge is -2.29. The molecule has 2 saturated heterocycles. The van der Waals surface area contributed by atoms with Gasteiger partial charge in [0.2, 0.25) is 5.91 Å². The van der Waals surface area contributed by atoms with E-state index in [9.17, 15) is 4.79 Å². The number of aryl methyl sites for hydroxylation is 1. The highest BCUT2D eigenvalue weighted by atomic mass is 16.2. The van der Waals surface area contributed by atoms with Crippen LogP contribution in [0, 0.1) is 18.8 Å². The van der Waals surface area contributed by atoms with Crippen LogP contribution >= 0.6 is 0 Å². The first-order valence-corrected chi connectivity index (χ1v) is 8.89. The zero-order valence-electron chi connectivity index (χ0n) is 14.3. The van der Waals surface area contributed by atoms with E-state index in [1.54, 1.807) is 0 Å². The maximum atomic E-state index is 12.8. The average molecular weight is 312 g/mol. The second kappa shape index (κ2) is 7.31. The Kier molecular flexibility index (Phi) is 5.16. The van der Waals surface area contributed by atoms with Crippen LogP contribution in [0.25, 0.3) is 0 Å². The fourth-order valence-corrected chi connectivity index (χ4v) is 4.18. The molecule has 1 N–H and O–H groups in total. The second-order valence-electron chi connectivity index (χ2n) is 6.89. The number of rotatable bonds is 5. The minimum atomic E-state index is 0.255. The van der Waals surface area contributed by atoms with Crippen molar-refractivity contribution in [3.05, 3.63) is 47.5 Å². The van der Waals surface area contributed by atoms with Crippen LogP contribution in [-0.2, 0) is 4.79 Å². The molecule has 0 aliphatic carbocycles. The Bertz CT molecular complexity index is 581. The van der Waals surface area contributed by atoms with Gasteiger partial charge in [-0.2, -0.15) is 0 Å². The van der Waals surface area contributed by atoms with Crippen LogP contribution in [0.3, 0.4) is 0 Å². The summed E-state index contributed by atoms with van der Waals surface area (Å²) in [5.74, 6) is 1.51. The van der Waals surface area contributed by atoms with E-state index in [2.05, 4.69) is 53.6 Å². The number of carbonyl (C=O) groups excluding carboxylic acids is 1. The van der Waals surface area contributed by atoms with E-state index in [0.717, 1.165) is 32.5 Å². The third kappa shape index (κ3) is 3.35. The molecule has 124 valence electrons. The van der Waals surface area contributed by atoms with E-state index >= 15 is 0 Å². The van der Waals surface area contributed by atoms with Crippen LogP contribution in [0.4, 0.5) is 0 Å². The highest BCUT2D eigenvalue weighted by Gasteiger charge is 2.46. The number of nitrogens with one attached hydrogen (secondary N) is 1. The molecule has 0 spiro atoms. The van der Waals surface area contributed by atoms with E-state index < -0.39 is 0 Å². The summed E-state index contributed by atoms with van der Waals surface area (Å²) in [6.07, 6.45) is 6.83. The van der Waals surface area contributed by atoms with Gasteiger partial charge in [-0.05, 0) is 43.7 Å². The summed E-state index contributed by atoms with van der Waals surface area (Å²) in [4.78, 5) is 15.0. The zero-order valence-corrected chi connectivity index (χ0v) is 14.3. The largest absolute Gasteiger partial charge is 0.335 e. The summed E-state index contributed by atoms with van der Waals surface area (Å²) in [7, 11) is 0. The normalized spacial score (nSPS) is 26.9. The van der Waals surface area contributed by atoms with E-state index in [-0.39, 0.29) is 6.04 Å². The quantitative estimate of drug-likeness (QED) is 0.667. The van der Waals surface area contributed by atoms with Gasteiger partial charge >= 0.3 is 0 Å². The van der Waals surface area contributed by atoms with Gasteiger partial charge < -0.3 is 10.2 Å². The first-order chi connectivity index (χ1) is 11.2. The van der Waals surface area contributed by atoms with Gasteiger partial charge in [-0.3, -0.25) is 4.79 Å². The van der Waals surface area contributed by atoms with E-state index in [1.807, 2.05) is 6.92 Å². The number of amides is 1. The maximum Gasteiger partial charge on any atom is 0.223 e. The summed E-state index contributed by atoms with van der Waals surface area (Å²) < 4.78 is 0. The third-order valence-electron chi connectivity index (χ3n) is 5.39. The van der Waals surface area contributed by atoms with Crippen molar-refractivity contribution in [2.24, 2.45) is 11.8 Å². The fourth-order valence-electron chi connectivity index (χ4n) is 4.18. The number of carbonyl (C=O) groups is 1. The molecule has 3 nitrogen and oxygen atoms in total. The molecule has 0 saturated carbocycles. The molecule has 0 radical (unpaired) electrons. The molecule has 0 unspecified atom stereocenters. The molecule has 0 aromatic heterocycles. The Morgan fingerprint density at radius 1 is 1.35 bits per heavy atom. The van der Waals surface area contributed by atoms with Gasteiger partial charge in [0, 0.05) is 32.0 Å². The summed E-state index contributed by atoms with van der Waals surface area (Å²) in [5, 5.41) is 3.52. The lowest BCUT2D eigenvalue weighted by molar-refractivity contribution is -0.132. The van der Waals surface area contributed by atoms with Crippen molar-refractivity contribution in [2.75, 3.05) is 19.6 Å². The van der Waals surface area contributed by atoms with Crippen LogP contribution in [0.15, 0.2) is 36.4 Å². The molecule has 2 heterocycles. The minimum absolute atomic E-state index is 0.255. The van der Waals surface area contributed by atoms with Crippen molar-refractivity contribution in [1.29, 1.82) is 0 Å². The molecule has 1 aromatic carbocycles. The van der Waals surface area contributed by atoms with E-state index in [4.69, 9.17) is 0 Å². The van der Waals surface area contributed by atoms with Crippen molar-refractivity contribution < 1.29 is 4.79 Å². The number of unbranched alkanes of at least 4 members (excludes halogenated alkanes) is 1. The molecule has 0 bridgehead atoms. The van der Waals surface area contributed by atoms with Crippen LogP contribution < -0.4 is 5.32 Å². The van der Waals surface area contributed by atoms with Gasteiger partial charge in [0.1, 0.15) is 0 Å². The molecule has 2 aliphatic rings. The summed E-state index contributed by atoms with van der Waals surface area (Å²) >= 11 is 0. The molecule has 2 fully saturated rings. The Balaban J connectivity index is 1.78. The van der Waals surface area contributed by atoms with E-state index in [0.29, 0.717) is 24.2 Å². The smallest absolute Gasteiger partial charge is 0.223 e. The first-order valence-electron chi connectivity index (χ1n) is 8.89. The highest BCUT2D eigenvalue weighted by Crippen LogP contribution is 2.43. The lowest BCUT2D eigenvalue weighted by Crippen LogP contribution is -2.34. The van der Waals surface area contributed by atoms with Crippen molar-refractivity contribution in [3.8, 4) is 0 Å². The molecule has 3 heteroatoms. The molecule has 3 atom stereocenters. The van der Waals surface area contributed by atoms with Gasteiger partial charge in [0.15, 0.2) is 0 Å². The topological polar surface area (TPSA) is 32.3 Å². The Labute approximate surface area is 139 Å². The maximum absolute atomic E-state index is 12.8. The molecule has 1 amide bonds.